The molecule has 0 unspecified atom stereocenters. The third kappa shape index (κ3) is 4.73. The van der Waals surface area contributed by atoms with Gasteiger partial charge < -0.3 is 9.47 Å². The largest absolute Gasteiger partial charge is 0.458 e. The van der Waals surface area contributed by atoms with Gasteiger partial charge in [0.2, 0.25) is 0 Å². The van der Waals surface area contributed by atoms with Gasteiger partial charge in [0.05, 0.1) is 17.1 Å². The number of carbonyl (C=O) groups excluding carboxylic acids is 2. The van der Waals surface area contributed by atoms with E-state index in [4.69, 9.17) is 9.47 Å². The average molecular weight is 394 g/mol. The van der Waals surface area contributed by atoms with Crippen molar-refractivity contribution in [2.24, 2.45) is 0 Å². The minimum Gasteiger partial charge on any atom is -0.458 e. The predicted molar refractivity (Wildman–Crippen MR) is 112 cm³/mol. The summed E-state index contributed by atoms with van der Waals surface area (Å²) in [4.78, 5) is 25.2. The van der Waals surface area contributed by atoms with Crippen molar-refractivity contribution in [1.82, 2.24) is 0 Å². The molecule has 0 fully saturated rings. The molecule has 28 heavy (non-hydrogen) atoms. The molecule has 0 saturated carbocycles. The van der Waals surface area contributed by atoms with Crippen LogP contribution in [0, 0.1) is 0 Å². The van der Waals surface area contributed by atoms with Crippen molar-refractivity contribution in [3.05, 3.63) is 71.8 Å². The van der Waals surface area contributed by atoms with Crippen LogP contribution in [0.1, 0.15) is 36.2 Å². The number of aryl methyl sites for hydroxylation is 1. The molecule has 0 atom stereocenters. The molecular formula is C23H22O4S. The first kappa shape index (κ1) is 20.0. The molecule has 0 aliphatic heterocycles. The molecule has 144 valence electrons. The number of benzene rings is 3. The van der Waals surface area contributed by atoms with Crippen LogP contribution in [0.25, 0.3) is 10.8 Å². The Labute approximate surface area is 168 Å². The molecule has 0 aliphatic rings. The number of ether oxygens (including phenoxy) is 2. The summed E-state index contributed by atoms with van der Waals surface area (Å²) in [6, 6.07) is 18.7. The van der Waals surface area contributed by atoms with E-state index in [1.807, 2.05) is 42.5 Å². The van der Waals surface area contributed by atoms with Crippen LogP contribution in [0.15, 0.2) is 65.6 Å². The van der Waals surface area contributed by atoms with Crippen molar-refractivity contribution >= 4 is 33.8 Å². The third-order valence-electron chi connectivity index (χ3n) is 4.22. The molecule has 0 bridgehead atoms. The number of rotatable bonds is 6. The molecule has 5 heteroatoms. The van der Waals surface area contributed by atoms with E-state index in [2.05, 4.69) is 6.92 Å². The molecule has 0 aliphatic carbocycles. The van der Waals surface area contributed by atoms with Crippen LogP contribution in [-0.2, 0) is 11.2 Å². The van der Waals surface area contributed by atoms with E-state index in [1.165, 1.54) is 5.56 Å². The monoisotopic (exact) mass is 394 g/mol. The molecule has 3 rings (SSSR count). The first-order valence-electron chi connectivity index (χ1n) is 9.29. The lowest BCUT2D eigenvalue weighted by atomic mass is 10.1. The smallest absolute Gasteiger partial charge is 0.372 e. The Morgan fingerprint density at radius 3 is 2.39 bits per heavy atom. The Bertz CT molecular complexity index is 980. The second-order valence-corrected chi connectivity index (χ2v) is 7.21. The van der Waals surface area contributed by atoms with Gasteiger partial charge in [0.15, 0.2) is 5.75 Å². The second kappa shape index (κ2) is 9.42. The fourth-order valence-electron chi connectivity index (χ4n) is 2.89. The summed E-state index contributed by atoms with van der Waals surface area (Å²) in [5.74, 6) is -0.0797. The summed E-state index contributed by atoms with van der Waals surface area (Å²) in [6.07, 6.45) is 2.02. The van der Waals surface area contributed by atoms with E-state index >= 15 is 0 Å². The summed E-state index contributed by atoms with van der Waals surface area (Å²) < 4.78 is 10.8. The van der Waals surface area contributed by atoms with Gasteiger partial charge in [-0.25, -0.2) is 9.59 Å². The van der Waals surface area contributed by atoms with Crippen molar-refractivity contribution in [3.8, 4) is 5.75 Å². The maximum atomic E-state index is 12.7. The lowest BCUT2D eigenvalue weighted by Gasteiger charge is -2.13. The van der Waals surface area contributed by atoms with E-state index < -0.39 is 11.3 Å². The fraction of sp³-hybridized carbons (Fsp3) is 0.217. The van der Waals surface area contributed by atoms with Crippen LogP contribution >= 0.6 is 11.8 Å². The summed E-state index contributed by atoms with van der Waals surface area (Å²) in [7, 11) is 0. The van der Waals surface area contributed by atoms with Crippen molar-refractivity contribution in [1.29, 1.82) is 0 Å². The highest BCUT2D eigenvalue weighted by Gasteiger charge is 2.18. The van der Waals surface area contributed by atoms with E-state index in [0.29, 0.717) is 22.8 Å². The minimum atomic E-state index is -0.454. The van der Waals surface area contributed by atoms with Gasteiger partial charge >= 0.3 is 11.3 Å². The molecule has 0 N–H and O–H groups in total. The van der Waals surface area contributed by atoms with E-state index in [9.17, 15) is 9.59 Å². The van der Waals surface area contributed by atoms with Gasteiger partial charge in [0.25, 0.3) is 0 Å². The Kier molecular flexibility index (Phi) is 6.71. The maximum Gasteiger partial charge on any atom is 0.372 e. The lowest BCUT2D eigenvalue weighted by molar-refractivity contribution is 0.0732. The normalized spacial score (nSPS) is 10.6. The Balaban J connectivity index is 1.93. The fourth-order valence-corrected chi connectivity index (χ4v) is 3.63. The number of esters is 1. The molecule has 3 aromatic carbocycles. The van der Waals surface area contributed by atoms with Crippen LogP contribution in [0.3, 0.4) is 0 Å². The number of thioether (sulfide) groups is 1. The van der Waals surface area contributed by atoms with E-state index in [0.717, 1.165) is 35.4 Å². The second-order valence-electron chi connectivity index (χ2n) is 6.24. The molecule has 0 amide bonds. The van der Waals surface area contributed by atoms with E-state index in [1.54, 1.807) is 25.1 Å². The molecule has 3 aromatic rings. The molecule has 0 saturated heterocycles. The van der Waals surface area contributed by atoms with Crippen molar-refractivity contribution in [3.63, 3.8) is 0 Å². The zero-order valence-electron chi connectivity index (χ0n) is 15.9. The van der Waals surface area contributed by atoms with Crippen LogP contribution in [0.4, 0.5) is 4.79 Å². The van der Waals surface area contributed by atoms with Crippen LogP contribution in [0.2, 0.25) is 0 Å². The number of fused-ring (bicyclic) bond motifs is 1. The average Bonchev–Trinajstić information content (AvgIpc) is 2.70. The summed E-state index contributed by atoms with van der Waals surface area (Å²) in [6.45, 7) is 4.16. The first-order chi connectivity index (χ1) is 13.6. The van der Waals surface area contributed by atoms with Crippen molar-refractivity contribution in [2.45, 2.75) is 31.6 Å². The van der Waals surface area contributed by atoms with E-state index in [-0.39, 0.29) is 0 Å². The lowest BCUT2D eigenvalue weighted by Crippen LogP contribution is -2.10. The Morgan fingerprint density at radius 2 is 1.68 bits per heavy atom. The quantitative estimate of drug-likeness (QED) is 0.280. The molecule has 0 radical (unpaired) electrons. The molecular weight excluding hydrogens is 372 g/mol. The van der Waals surface area contributed by atoms with Gasteiger partial charge in [-0.3, -0.25) is 0 Å². The third-order valence-corrected chi connectivity index (χ3v) is 5.05. The van der Waals surface area contributed by atoms with Crippen molar-refractivity contribution < 1.29 is 19.1 Å². The van der Waals surface area contributed by atoms with Gasteiger partial charge in [-0.05, 0) is 54.3 Å². The number of hydrogen-bond donors (Lipinski definition) is 0. The number of hydrogen-bond acceptors (Lipinski definition) is 5. The SMILES string of the molecule is CCCc1ccc(C(=O)Oc2c(SC(=O)OCC)ccc3ccccc23)cc1. The maximum absolute atomic E-state index is 12.7. The van der Waals surface area contributed by atoms with Gasteiger partial charge in [-0.1, -0.05) is 55.8 Å². The van der Waals surface area contributed by atoms with Gasteiger partial charge in [0, 0.05) is 5.39 Å². The van der Waals surface area contributed by atoms with Gasteiger partial charge in [0.1, 0.15) is 0 Å². The first-order valence-corrected chi connectivity index (χ1v) is 10.1. The minimum absolute atomic E-state index is 0.290. The summed E-state index contributed by atoms with van der Waals surface area (Å²) in [5.41, 5.74) is 1.66. The zero-order valence-corrected chi connectivity index (χ0v) is 16.8. The standard InChI is InChI=1S/C23H22O4S/c1-3-7-16-10-12-18(13-11-16)22(24)27-21-19-9-6-5-8-17(19)14-15-20(21)28-23(25)26-4-2/h5-6,8-15H,3-4,7H2,1-2H3. The van der Waals surface area contributed by atoms with Crippen LogP contribution < -0.4 is 4.74 Å². The summed E-state index contributed by atoms with van der Waals surface area (Å²) >= 11 is 0.918. The predicted octanol–water partition coefficient (Wildman–Crippen LogP) is 6.26. The molecule has 0 aromatic heterocycles. The van der Waals surface area contributed by atoms with Crippen LogP contribution in [0.5, 0.6) is 5.75 Å². The van der Waals surface area contributed by atoms with Crippen molar-refractivity contribution in [2.75, 3.05) is 6.61 Å². The molecule has 4 nitrogen and oxygen atoms in total. The van der Waals surface area contributed by atoms with Crippen LogP contribution in [-0.4, -0.2) is 17.9 Å². The topological polar surface area (TPSA) is 52.6 Å². The number of carbonyl (C=O) groups is 2. The summed E-state index contributed by atoms with van der Waals surface area (Å²) in [5, 5.41) is 1.27. The van der Waals surface area contributed by atoms with Gasteiger partial charge in [-0.15, -0.1) is 0 Å². The highest BCUT2D eigenvalue weighted by atomic mass is 32.2. The molecule has 0 spiro atoms. The Morgan fingerprint density at radius 1 is 0.929 bits per heavy atom. The highest BCUT2D eigenvalue weighted by Crippen LogP contribution is 2.37. The Hall–Kier alpha value is -2.79. The molecule has 0 heterocycles. The zero-order chi connectivity index (χ0) is 19.9. The van der Waals surface area contributed by atoms with Gasteiger partial charge in [-0.2, -0.15) is 0 Å². The highest BCUT2D eigenvalue weighted by molar-refractivity contribution is 8.13.